The van der Waals surface area contributed by atoms with Gasteiger partial charge in [0, 0.05) is 37.3 Å². The van der Waals surface area contributed by atoms with Gasteiger partial charge in [0.25, 0.3) is 0 Å². The topological polar surface area (TPSA) is 75.0 Å². The normalized spacial score (nSPS) is 17.0. The van der Waals surface area contributed by atoms with Crippen LogP contribution in [0.25, 0.3) is 5.52 Å². The number of hydrogen-bond acceptors (Lipinski definition) is 5. The van der Waals surface area contributed by atoms with E-state index in [0.29, 0.717) is 0 Å². The quantitative estimate of drug-likeness (QED) is 0.610. The molecule has 4 aromatic rings. The molecule has 1 N–H and O–H groups in total. The van der Waals surface area contributed by atoms with Gasteiger partial charge in [-0.2, -0.15) is 5.10 Å². The molecule has 4 aromatic heterocycles. The van der Waals surface area contributed by atoms with Crippen molar-refractivity contribution >= 4 is 11.3 Å². The number of aryl methyl sites for hydroxylation is 1. The average molecular weight is 331 g/mol. The molecule has 7 heteroatoms. The van der Waals surface area contributed by atoms with Crippen molar-refractivity contribution in [2.75, 3.05) is 11.4 Å². The predicted octanol–water partition coefficient (Wildman–Crippen LogP) is 2.31. The summed E-state index contributed by atoms with van der Waals surface area (Å²) < 4.78 is 1.93. The van der Waals surface area contributed by atoms with E-state index in [1.54, 1.807) is 24.9 Å². The Morgan fingerprint density at radius 1 is 1.24 bits per heavy atom. The van der Waals surface area contributed by atoms with E-state index in [1.807, 2.05) is 16.8 Å². The number of anilines is 1. The molecule has 0 saturated heterocycles. The molecule has 0 aliphatic carbocycles. The SMILES string of the molecule is Cc1cccn2nc(C3c4nc[nH]c4CCN3c3cnccn3)cc12. The maximum atomic E-state index is 4.82. The number of pyridine rings is 1. The standard InChI is InChI=1S/C18H17N7/c1-12-3-2-7-25-15(12)9-14(23-25)18-17-13(21-11-22-17)4-8-24(18)16-10-19-5-6-20-16/h2-3,5-7,9-11,18H,4,8H2,1H3,(H,21,22). The van der Waals surface area contributed by atoms with Crippen molar-refractivity contribution in [1.29, 1.82) is 0 Å². The zero-order chi connectivity index (χ0) is 16.8. The minimum atomic E-state index is -0.0778. The number of imidazole rings is 1. The Hall–Kier alpha value is -3.22. The van der Waals surface area contributed by atoms with Crippen LogP contribution in [0.15, 0.2) is 49.3 Å². The molecule has 5 heterocycles. The number of nitrogens with zero attached hydrogens (tertiary/aromatic N) is 6. The summed E-state index contributed by atoms with van der Waals surface area (Å²) in [5.74, 6) is 0.843. The summed E-state index contributed by atoms with van der Waals surface area (Å²) in [6, 6.07) is 6.18. The third-order valence-corrected chi connectivity index (χ3v) is 4.78. The van der Waals surface area contributed by atoms with E-state index in [1.165, 1.54) is 11.3 Å². The van der Waals surface area contributed by atoms with Crippen LogP contribution in [0.5, 0.6) is 0 Å². The van der Waals surface area contributed by atoms with Crippen molar-refractivity contribution in [2.24, 2.45) is 0 Å². The molecule has 1 unspecified atom stereocenters. The van der Waals surface area contributed by atoms with Gasteiger partial charge < -0.3 is 9.88 Å². The molecule has 25 heavy (non-hydrogen) atoms. The molecule has 0 amide bonds. The molecule has 5 rings (SSSR count). The molecule has 1 atom stereocenters. The van der Waals surface area contributed by atoms with Crippen LogP contribution in [0, 0.1) is 6.92 Å². The maximum absolute atomic E-state index is 4.82. The summed E-state index contributed by atoms with van der Waals surface area (Å²) in [6.07, 6.45) is 9.85. The lowest BCUT2D eigenvalue weighted by molar-refractivity contribution is 0.609. The summed E-state index contributed by atoms with van der Waals surface area (Å²) in [6.45, 7) is 2.94. The van der Waals surface area contributed by atoms with Crippen molar-refractivity contribution in [3.63, 3.8) is 0 Å². The van der Waals surface area contributed by atoms with Gasteiger partial charge in [0.1, 0.15) is 11.9 Å². The van der Waals surface area contributed by atoms with E-state index in [4.69, 9.17) is 5.10 Å². The van der Waals surface area contributed by atoms with E-state index >= 15 is 0 Å². The molecule has 7 nitrogen and oxygen atoms in total. The Morgan fingerprint density at radius 3 is 3.04 bits per heavy atom. The van der Waals surface area contributed by atoms with E-state index < -0.39 is 0 Å². The number of aromatic amines is 1. The van der Waals surface area contributed by atoms with Gasteiger partial charge in [-0.25, -0.2) is 14.5 Å². The van der Waals surface area contributed by atoms with Gasteiger partial charge >= 0.3 is 0 Å². The van der Waals surface area contributed by atoms with Gasteiger partial charge in [-0.15, -0.1) is 0 Å². The van der Waals surface area contributed by atoms with Crippen molar-refractivity contribution < 1.29 is 0 Å². The highest BCUT2D eigenvalue weighted by atomic mass is 15.3. The van der Waals surface area contributed by atoms with Gasteiger partial charge in [-0.3, -0.25) is 4.98 Å². The number of nitrogens with one attached hydrogen (secondary N) is 1. The Morgan fingerprint density at radius 2 is 2.20 bits per heavy atom. The smallest absolute Gasteiger partial charge is 0.147 e. The summed E-state index contributed by atoms with van der Waals surface area (Å²) in [5.41, 5.74) is 5.45. The van der Waals surface area contributed by atoms with Crippen molar-refractivity contribution in [2.45, 2.75) is 19.4 Å². The highest BCUT2D eigenvalue weighted by molar-refractivity contribution is 5.57. The highest BCUT2D eigenvalue weighted by Gasteiger charge is 2.33. The molecule has 0 spiro atoms. The lowest BCUT2D eigenvalue weighted by Crippen LogP contribution is -2.37. The molecule has 0 radical (unpaired) electrons. The number of aromatic nitrogens is 6. The summed E-state index contributed by atoms with van der Waals surface area (Å²) in [7, 11) is 0. The van der Waals surface area contributed by atoms with Crippen LogP contribution < -0.4 is 4.90 Å². The third-order valence-electron chi connectivity index (χ3n) is 4.78. The lowest BCUT2D eigenvalue weighted by Gasteiger charge is -2.34. The second-order valence-electron chi connectivity index (χ2n) is 6.27. The van der Waals surface area contributed by atoms with Crippen LogP contribution >= 0.6 is 0 Å². The Labute approximate surface area is 144 Å². The van der Waals surface area contributed by atoms with Crippen LogP contribution in [0.4, 0.5) is 5.82 Å². The highest BCUT2D eigenvalue weighted by Crippen LogP contribution is 2.35. The summed E-state index contributed by atoms with van der Waals surface area (Å²) in [4.78, 5) is 18.8. The van der Waals surface area contributed by atoms with Crippen molar-refractivity contribution in [3.8, 4) is 0 Å². The van der Waals surface area contributed by atoms with E-state index in [0.717, 1.165) is 35.7 Å². The van der Waals surface area contributed by atoms with E-state index in [9.17, 15) is 0 Å². The van der Waals surface area contributed by atoms with Gasteiger partial charge in [0.2, 0.25) is 0 Å². The number of hydrogen-bond donors (Lipinski definition) is 1. The minimum absolute atomic E-state index is 0.0778. The largest absolute Gasteiger partial charge is 0.348 e. The van der Waals surface area contributed by atoms with Crippen molar-refractivity contribution in [3.05, 3.63) is 72.0 Å². The Kier molecular flexibility index (Phi) is 3.06. The molecular formula is C18H17N7. The zero-order valence-electron chi connectivity index (χ0n) is 13.8. The molecule has 0 saturated carbocycles. The van der Waals surface area contributed by atoms with Crippen molar-refractivity contribution in [1.82, 2.24) is 29.5 Å². The van der Waals surface area contributed by atoms with E-state index in [-0.39, 0.29) is 6.04 Å². The first-order valence-electron chi connectivity index (χ1n) is 8.31. The van der Waals surface area contributed by atoms with Crippen LogP contribution in [0.2, 0.25) is 0 Å². The first-order valence-corrected chi connectivity index (χ1v) is 8.31. The molecule has 124 valence electrons. The molecule has 1 aliphatic heterocycles. The van der Waals surface area contributed by atoms with Crippen LogP contribution in [-0.2, 0) is 6.42 Å². The zero-order valence-corrected chi connectivity index (χ0v) is 13.8. The fraction of sp³-hybridized carbons (Fsp3) is 0.222. The Bertz CT molecular complexity index is 1030. The van der Waals surface area contributed by atoms with E-state index in [2.05, 4.69) is 43.9 Å². The summed E-state index contributed by atoms with van der Waals surface area (Å²) >= 11 is 0. The van der Waals surface area contributed by atoms with Crippen LogP contribution in [-0.4, -0.2) is 36.1 Å². The summed E-state index contributed by atoms with van der Waals surface area (Å²) in [5, 5.41) is 4.82. The number of rotatable bonds is 2. The van der Waals surface area contributed by atoms with Crippen LogP contribution in [0.3, 0.4) is 0 Å². The van der Waals surface area contributed by atoms with Gasteiger partial charge in [0.05, 0.1) is 29.4 Å². The fourth-order valence-corrected chi connectivity index (χ4v) is 3.57. The van der Waals surface area contributed by atoms with Gasteiger partial charge in [0.15, 0.2) is 0 Å². The monoisotopic (exact) mass is 331 g/mol. The number of H-pyrrole nitrogens is 1. The maximum Gasteiger partial charge on any atom is 0.147 e. The molecule has 0 aromatic carbocycles. The number of fused-ring (bicyclic) bond motifs is 2. The second kappa shape index (κ2) is 5.41. The first-order chi connectivity index (χ1) is 12.3. The molecule has 1 aliphatic rings. The predicted molar refractivity (Wildman–Crippen MR) is 93.4 cm³/mol. The molecule has 0 bridgehead atoms. The fourth-order valence-electron chi connectivity index (χ4n) is 3.57. The van der Waals surface area contributed by atoms with Gasteiger partial charge in [-0.05, 0) is 24.6 Å². The van der Waals surface area contributed by atoms with Gasteiger partial charge in [-0.1, -0.05) is 6.07 Å². The minimum Gasteiger partial charge on any atom is -0.348 e. The third kappa shape index (κ3) is 2.20. The Balaban J connectivity index is 1.70. The average Bonchev–Trinajstić information content (AvgIpc) is 3.29. The second-order valence-corrected chi connectivity index (χ2v) is 6.27. The molecule has 0 fully saturated rings. The van der Waals surface area contributed by atoms with Crippen LogP contribution in [0.1, 0.15) is 28.7 Å². The first kappa shape index (κ1) is 14.2. The lowest BCUT2D eigenvalue weighted by atomic mass is 9.99. The molecular weight excluding hydrogens is 314 g/mol.